The normalized spacial score (nSPS) is 18.5. The number of anilines is 2. The van der Waals surface area contributed by atoms with E-state index in [1.807, 2.05) is 38.1 Å². The Balaban J connectivity index is 1.71. The van der Waals surface area contributed by atoms with Gasteiger partial charge in [-0.3, -0.25) is 4.79 Å². The van der Waals surface area contributed by atoms with Crippen LogP contribution in [0.15, 0.2) is 42.5 Å². The van der Waals surface area contributed by atoms with Gasteiger partial charge >= 0.3 is 6.09 Å². The number of rotatable bonds is 5. The Bertz CT molecular complexity index is 995. The second kappa shape index (κ2) is 10.2. The van der Waals surface area contributed by atoms with E-state index in [1.165, 1.54) is 6.07 Å². The third-order valence-corrected chi connectivity index (χ3v) is 5.01. The van der Waals surface area contributed by atoms with Crippen LogP contribution in [0.2, 0.25) is 0 Å². The third-order valence-electron chi connectivity index (χ3n) is 5.01. The van der Waals surface area contributed by atoms with Crippen molar-refractivity contribution in [3.63, 3.8) is 0 Å². The molecule has 178 valence electrons. The van der Waals surface area contributed by atoms with Gasteiger partial charge in [-0.05, 0) is 58.4 Å². The molecule has 7 nitrogen and oxygen atoms in total. The highest BCUT2D eigenvalue weighted by Gasteiger charge is 2.23. The van der Waals surface area contributed by atoms with E-state index in [0.717, 1.165) is 18.8 Å². The van der Waals surface area contributed by atoms with E-state index >= 15 is 4.39 Å². The van der Waals surface area contributed by atoms with Crippen LogP contribution in [0.5, 0.6) is 0 Å². The van der Waals surface area contributed by atoms with Crippen molar-refractivity contribution in [3.05, 3.63) is 48.3 Å². The van der Waals surface area contributed by atoms with Crippen molar-refractivity contribution in [1.29, 1.82) is 0 Å². The van der Waals surface area contributed by atoms with Gasteiger partial charge in [0.15, 0.2) is 5.82 Å². The third kappa shape index (κ3) is 6.92. The lowest BCUT2D eigenvalue weighted by atomic mass is 10.0. The molecule has 0 unspecified atom stereocenters. The number of alkyl carbamates (subject to hydrolysis) is 1. The number of ether oxygens (including phenoxy) is 2. The summed E-state index contributed by atoms with van der Waals surface area (Å²) in [6.07, 6.45) is -0.487. The van der Waals surface area contributed by atoms with Gasteiger partial charge in [0, 0.05) is 24.3 Å². The van der Waals surface area contributed by atoms with E-state index < -0.39 is 23.4 Å². The molecular weight excluding hydrogens is 425 g/mol. The first-order valence-corrected chi connectivity index (χ1v) is 11.1. The smallest absolute Gasteiger partial charge is 0.408 e. The molecule has 0 spiro atoms. The first-order chi connectivity index (χ1) is 15.5. The van der Waals surface area contributed by atoms with Crippen LogP contribution in [-0.4, -0.2) is 49.4 Å². The van der Waals surface area contributed by atoms with Crippen molar-refractivity contribution < 1.29 is 23.5 Å². The largest absolute Gasteiger partial charge is 0.444 e. The summed E-state index contributed by atoms with van der Waals surface area (Å²) in [5.74, 6) is -1.09. The maximum absolute atomic E-state index is 15.3. The van der Waals surface area contributed by atoms with E-state index in [4.69, 9.17) is 9.47 Å². The highest BCUT2D eigenvalue weighted by molar-refractivity contribution is 5.94. The molecule has 33 heavy (non-hydrogen) atoms. The highest BCUT2D eigenvalue weighted by Crippen LogP contribution is 2.31. The number of hydrogen-bond acceptors (Lipinski definition) is 5. The average molecular weight is 458 g/mol. The van der Waals surface area contributed by atoms with Crippen molar-refractivity contribution in [1.82, 2.24) is 5.32 Å². The number of halogens is 1. The van der Waals surface area contributed by atoms with Gasteiger partial charge in [0.2, 0.25) is 5.91 Å². The van der Waals surface area contributed by atoms with Crippen LogP contribution < -0.4 is 15.5 Å². The molecule has 0 bridgehead atoms. The van der Waals surface area contributed by atoms with Gasteiger partial charge in [-0.1, -0.05) is 24.3 Å². The molecule has 0 aromatic heterocycles. The molecule has 8 heteroatoms. The quantitative estimate of drug-likeness (QED) is 0.688. The van der Waals surface area contributed by atoms with E-state index in [-0.39, 0.29) is 24.4 Å². The van der Waals surface area contributed by atoms with Crippen LogP contribution >= 0.6 is 0 Å². The zero-order valence-corrected chi connectivity index (χ0v) is 19.8. The van der Waals surface area contributed by atoms with E-state index in [2.05, 4.69) is 15.5 Å². The second-order valence-electron chi connectivity index (χ2n) is 9.28. The minimum absolute atomic E-state index is 0.0440. The lowest BCUT2D eigenvalue weighted by Crippen LogP contribution is -2.45. The fourth-order valence-corrected chi connectivity index (χ4v) is 3.77. The van der Waals surface area contributed by atoms with Gasteiger partial charge < -0.3 is 25.0 Å². The Morgan fingerprint density at radius 1 is 1.12 bits per heavy atom. The fraction of sp³-hybridized carbons (Fsp3) is 0.440. The van der Waals surface area contributed by atoms with E-state index in [1.54, 1.807) is 32.9 Å². The van der Waals surface area contributed by atoms with Crippen LogP contribution in [-0.2, 0) is 14.3 Å². The lowest BCUT2D eigenvalue weighted by Gasteiger charge is -2.37. The van der Waals surface area contributed by atoms with Gasteiger partial charge in [-0.25, -0.2) is 9.18 Å². The monoisotopic (exact) mass is 457 g/mol. The number of carbonyl (C=O) groups excluding carboxylic acids is 2. The predicted molar refractivity (Wildman–Crippen MR) is 127 cm³/mol. The fourth-order valence-electron chi connectivity index (χ4n) is 3.77. The molecule has 2 amide bonds. The topological polar surface area (TPSA) is 79.9 Å². The molecule has 1 heterocycles. The van der Waals surface area contributed by atoms with Crippen LogP contribution in [0.3, 0.4) is 0 Å². The molecule has 2 aromatic rings. The number of nitrogens with one attached hydrogen (secondary N) is 2. The van der Waals surface area contributed by atoms with Crippen LogP contribution in [0, 0.1) is 5.82 Å². The molecule has 1 aliphatic rings. The molecule has 1 fully saturated rings. The number of hydrogen-bond donors (Lipinski definition) is 2. The average Bonchev–Trinajstić information content (AvgIpc) is 2.72. The second-order valence-corrected chi connectivity index (χ2v) is 9.28. The molecule has 2 atom stereocenters. The summed E-state index contributed by atoms with van der Waals surface area (Å²) in [4.78, 5) is 26.2. The Morgan fingerprint density at radius 3 is 2.45 bits per heavy atom. The Hall–Kier alpha value is -3.13. The molecule has 2 aromatic carbocycles. The number of benzene rings is 2. The van der Waals surface area contributed by atoms with Gasteiger partial charge in [-0.2, -0.15) is 0 Å². The van der Waals surface area contributed by atoms with Gasteiger partial charge in [0.1, 0.15) is 12.1 Å². The predicted octanol–water partition coefficient (Wildman–Crippen LogP) is 4.57. The summed E-state index contributed by atoms with van der Waals surface area (Å²) in [5.41, 5.74) is 1.45. The number of nitrogens with zero attached hydrogens (tertiary/aromatic N) is 1. The lowest BCUT2D eigenvalue weighted by molar-refractivity contribution is -0.115. The van der Waals surface area contributed by atoms with Crippen molar-refractivity contribution in [2.45, 2.75) is 52.4 Å². The molecular formula is C25H32FN3O4. The van der Waals surface area contributed by atoms with Gasteiger partial charge in [0.05, 0.1) is 17.9 Å². The van der Waals surface area contributed by atoms with Crippen molar-refractivity contribution in [2.75, 3.05) is 29.9 Å². The SMILES string of the molecule is C[C@@H]1CN(c2cccc(-c3cccc(NC(=O)CNC(=O)OC(C)(C)C)c3F)c2)C[C@H](C)O1. The number of amides is 2. The molecule has 3 rings (SSSR count). The van der Waals surface area contributed by atoms with E-state index in [0.29, 0.717) is 11.1 Å². The Kier molecular flexibility index (Phi) is 7.58. The highest BCUT2D eigenvalue weighted by atomic mass is 19.1. The summed E-state index contributed by atoms with van der Waals surface area (Å²) in [7, 11) is 0. The van der Waals surface area contributed by atoms with Crippen molar-refractivity contribution in [2.24, 2.45) is 0 Å². The van der Waals surface area contributed by atoms with Gasteiger partial charge in [-0.15, -0.1) is 0 Å². The van der Waals surface area contributed by atoms with Gasteiger partial charge in [0.25, 0.3) is 0 Å². The summed E-state index contributed by atoms with van der Waals surface area (Å²) >= 11 is 0. The first kappa shape index (κ1) is 24.5. The van der Waals surface area contributed by atoms with Crippen molar-refractivity contribution in [3.8, 4) is 11.1 Å². The maximum atomic E-state index is 15.3. The molecule has 0 saturated carbocycles. The molecule has 0 aliphatic carbocycles. The zero-order valence-electron chi connectivity index (χ0n) is 19.8. The summed E-state index contributed by atoms with van der Waals surface area (Å²) in [6, 6.07) is 12.5. The standard InChI is InChI=1S/C25H32FN3O4/c1-16-14-29(15-17(2)32-16)19-9-6-8-18(12-19)20-10-7-11-21(23(20)26)28-22(30)13-27-24(31)33-25(3,4)5/h6-12,16-17H,13-15H2,1-5H3,(H,27,31)(H,28,30)/t16-,17+. The number of morpholine rings is 1. The van der Waals surface area contributed by atoms with Crippen LogP contribution in [0.1, 0.15) is 34.6 Å². The minimum atomic E-state index is -0.713. The summed E-state index contributed by atoms with van der Waals surface area (Å²) in [5, 5.41) is 4.88. The Labute approximate surface area is 194 Å². The molecule has 0 radical (unpaired) electrons. The number of carbonyl (C=O) groups is 2. The Morgan fingerprint density at radius 2 is 1.79 bits per heavy atom. The molecule has 1 aliphatic heterocycles. The van der Waals surface area contributed by atoms with Crippen LogP contribution in [0.25, 0.3) is 11.1 Å². The molecule has 1 saturated heterocycles. The molecule has 2 N–H and O–H groups in total. The maximum Gasteiger partial charge on any atom is 0.408 e. The summed E-state index contributed by atoms with van der Waals surface area (Å²) in [6.45, 7) is 10.4. The first-order valence-electron chi connectivity index (χ1n) is 11.1. The minimum Gasteiger partial charge on any atom is -0.444 e. The van der Waals surface area contributed by atoms with E-state index in [9.17, 15) is 9.59 Å². The van der Waals surface area contributed by atoms with Crippen molar-refractivity contribution >= 4 is 23.4 Å². The zero-order chi connectivity index (χ0) is 24.2. The summed E-state index contributed by atoms with van der Waals surface area (Å²) < 4.78 is 26.2. The van der Waals surface area contributed by atoms with Crippen LogP contribution in [0.4, 0.5) is 20.6 Å².